The molecule has 2 nitrogen and oxygen atoms in total. The van der Waals surface area contributed by atoms with Gasteiger partial charge in [-0.3, -0.25) is 4.21 Å². The Morgan fingerprint density at radius 1 is 1.44 bits per heavy atom. The fraction of sp³-hybridized carbons (Fsp3) is 1.00. The molecule has 9 heavy (non-hydrogen) atoms. The van der Waals surface area contributed by atoms with E-state index in [9.17, 15) is 4.21 Å². The van der Waals surface area contributed by atoms with Crippen molar-refractivity contribution in [2.45, 2.75) is 17.6 Å². The molecule has 2 rings (SSSR count). The standard InChI is InChI=1S/C6H11NOS/c8-9-4-3-7-5-6(9)1-2-6/h7H,1-5H2. The van der Waals surface area contributed by atoms with Gasteiger partial charge in [0.1, 0.15) is 0 Å². The summed E-state index contributed by atoms with van der Waals surface area (Å²) in [5.74, 6) is 0.875. The quantitative estimate of drug-likeness (QED) is 0.514. The van der Waals surface area contributed by atoms with E-state index in [1.165, 1.54) is 12.8 Å². The van der Waals surface area contributed by atoms with E-state index in [0.29, 0.717) is 0 Å². The van der Waals surface area contributed by atoms with Crippen LogP contribution in [0.3, 0.4) is 0 Å². The average Bonchev–Trinajstić information content (AvgIpc) is 2.60. The van der Waals surface area contributed by atoms with Crippen molar-refractivity contribution in [2.24, 2.45) is 0 Å². The van der Waals surface area contributed by atoms with E-state index in [2.05, 4.69) is 5.32 Å². The lowest BCUT2D eigenvalue weighted by Gasteiger charge is -2.20. The van der Waals surface area contributed by atoms with Crippen LogP contribution < -0.4 is 5.32 Å². The summed E-state index contributed by atoms with van der Waals surface area (Å²) < 4.78 is 11.5. The van der Waals surface area contributed by atoms with Gasteiger partial charge in [0, 0.05) is 29.6 Å². The summed E-state index contributed by atoms with van der Waals surface area (Å²) in [7, 11) is -0.502. The zero-order valence-corrected chi connectivity index (χ0v) is 6.17. The van der Waals surface area contributed by atoms with Crippen LogP contribution in [0, 0.1) is 0 Å². The molecule has 1 N–H and O–H groups in total. The van der Waals surface area contributed by atoms with E-state index in [1.54, 1.807) is 0 Å². The molecule has 52 valence electrons. The van der Waals surface area contributed by atoms with Gasteiger partial charge in [0.15, 0.2) is 0 Å². The summed E-state index contributed by atoms with van der Waals surface area (Å²) in [6.07, 6.45) is 2.37. The maximum Gasteiger partial charge on any atom is 0.0584 e. The Labute approximate surface area is 57.5 Å². The van der Waals surface area contributed by atoms with Crippen molar-refractivity contribution in [1.29, 1.82) is 0 Å². The molecule has 0 aromatic heterocycles. The Kier molecular flexibility index (Phi) is 1.17. The molecule has 0 bridgehead atoms. The second-order valence-corrected chi connectivity index (χ2v) is 4.87. The lowest BCUT2D eigenvalue weighted by atomic mass is 10.4. The van der Waals surface area contributed by atoms with Crippen molar-refractivity contribution in [3.05, 3.63) is 0 Å². The third kappa shape index (κ3) is 0.829. The van der Waals surface area contributed by atoms with Crippen LogP contribution in [0.25, 0.3) is 0 Å². The third-order valence-electron chi connectivity index (χ3n) is 2.20. The van der Waals surface area contributed by atoms with Crippen LogP contribution >= 0.6 is 0 Å². The van der Waals surface area contributed by atoms with Crippen LogP contribution in [-0.2, 0) is 10.8 Å². The first-order chi connectivity index (χ1) is 4.33. The van der Waals surface area contributed by atoms with Crippen molar-refractivity contribution in [3.8, 4) is 0 Å². The maximum atomic E-state index is 11.2. The molecule has 2 fully saturated rings. The zero-order chi connectivity index (χ0) is 6.32. The van der Waals surface area contributed by atoms with E-state index in [0.717, 1.165) is 18.8 Å². The van der Waals surface area contributed by atoms with Crippen molar-refractivity contribution < 1.29 is 4.21 Å². The van der Waals surface area contributed by atoms with E-state index in [4.69, 9.17) is 0 Å². The van der Waals surface area contributed by atoms with E-state index < -0.39 is 10.8 Å². The smallest absolute Gasteiger partial charge is 0.0584 e. The van der Waals surface area contributed by atoms with Crippen LogP contribution in [0.1, 0.15) is 12.8 Å². The third-order valence-corrected chi connectivity index (χ3v) is 4.30. The molecule has 1 saturated heterocycles. The predicted octanol–water partition coefficient (Wildman–Crippen LogP) is -0.129. The first kappa shape index (κ1) is 5.86. The SMILES string of the molecule is O=S1CCNCC12CC2. The number of hydrogen-bond donors (Lipinski definition) is 1. The first-order valence-corrected chi connectivity index (χ1v) is 4.75. The minimum atomic E-state index is -0.502. The van der Waals surface area contributed by atoms with Crippen LogP contribution in [0.2, 0.25) is 0 Å². The fourth-order valence-electron chi connectivity index (χ4n) is 1.32. The topological polar surface area (TPSA) is 29.1 Å². The molecule has 1 aliphatic carbocycles. The summed E-state index contributed by atoms with van der Waals surface area (Å²) in [5.41, 5.74) is 0. The molecule has 2 aliphatic rings. The van der Waals surface area contributed by atoms with Crippen molar-refractivity contribution in [3.63, 3.8) is 0 Å². The van der Waals surface area contributed by atoms with Crippen LogP contribution in [-0.4, -0.2) is 27.8 Å². The lowest BCUT2D eigenvalue weighted by Crippen LogP contribution is -2.42. The Morgan fingerprint density at radius 2 is 2.22 bits per heavy atom. The second kappa shape index (κ2) is 1.80. The molecule has 1 heterocycles. The first-order valence-electron chi connectivity index (χ1n) is 3.43. The molecule has 3 heteroatoms. The van der Waals surface area contributed by atoms with Gasteiger partial charge in [-0.15, -0.1) is 0 Å². The Hall–Kier alpha value is 0.110. The van der Waals surface area contributed by atoms with Crippen molar-refractivity contribution in [2.75, 3.05) is 18.8 Å². The lowest BCUT2D eigenvalue weighted by molar-refractivity contribution is 0.611. The zero-order valence-electron chi connectivity index (χ0n) is 5.35. The molecule has 0 aromatic carbocycles. The summed E-state index contributed by atoms with van der Waals surface area (Å²) in [4.78, 5) is 0. The van der Waals surface area contributed by atoms with Crippen molar-refractivity contribution in [1.82, 2.24) is 5.32 Å². The van der Waals surface area contributed by atoms with Gasteiger partial charge in [-0.1, -0.05) is 0 Å². The van der Waals surface area contributed by atoms with E-state index >= 15 is 0 Å². The van der Waals surface area contributed by atoms with Crippen molar-refractivity contribution >= 4 is 10.8 Å². The fourth-order valence-corrected chi connectivity index (χ4v) is 2.91. The summed E-state index contributed by atoms with van der Waals surface area (Å²) >= 11 is 0. The normalized spacial score (nSPS) is 38.9. The largest absolute Gasteiger partial charge is 0.314 e. The van der Waals surface area contributed by atoms with E-state index in [-0.39, 0.29) is 4.75 Å². The van der Waals surface area contributed by atoms with Gasteiger partial charge in [0.25, 0.3) is 0 Å². The predicted molar refractivity (Wildman–Crippen MR) is 37.8 cm³/mol. The molecular weight excluding hydrogens is 134 g/mol. The van der Waals surface area contributed by atoms with Gasteiger partial charge >= 0.3 is 0 Å². The number of rotatable bonds is 0. The minimum Gasteiger partial charge on any atom is -0.314 e. The van der Waals surface area contributed by atoms with E-state index in [1.807, 2.05) is 0 Å². The molecule has 1 aliphatic heterocycles. The second-order valence-electron chi connectivity index (χ2n) is 2.91. The van der Waals surface area contributed by atoms with Gasteiger partial charge in [-0.05, 0) is 12.8 Å². The molecular formula is C6H11NOS. The molecule has 1 atom stereocenters. The highest BCUT2D eigenvalue weighted by molar-refractivity contribution is 7.86. The Balaban J connectivity index is 2.12. The summed E-state index contributed by atoms with van der Waals surface area (Å²) in [6, 6.07) is 0. The highest BCUT2D eigenvalue weighted by atomic mass is 32.2. The molecule has 0 amide bonds. The van der Waals surface area contributed by atoms with Crippen LogP contribution in [0.15, 0.2) is 0 Å². The highest BCUT2D eigenvalue weighted by Gasteiger charge is 2.49. The highest BCUT2D eigenvalue weighted by Crippen LogP contribution is 2.42. The number of hydrogen-bond acceptors (Lipinski definition) is 2. The molecule has 1 saturated carbocycles. The summed E-state index contributed by atoms with van der Waals surface area (Å²) in [5, 5.41) is 3.27. The molecule has 0 aromatic rings. The monoisotopic (exact) mass is 145 g/mol. The van der Waals surface area contributed by atoms with Crippen LogP contribution in [0.4, 0.5) is 0 Å². The summed E-state index contributed by atoms with van der Waals surface area (Å²) in [6.45, 7) is 1.95. The average molecular weight is 145 g/mol. The maximum absolute atomic E-state index is 11.2. The van der Waals surface area contributed by atoms with Gasteiger partial charge in [-0.2, -0.15) is 0 Å². The van der Waals surface area contributed by atoms with Gasteiger partial charge < -0.3 is 5.32 Å². The van der Waals surface area contributed by atoms with Gasteiger partial charge in [0.05, 0.1) is 4.75 Å². The molecule has 1 spiro atoms. The number of nitrogens with one attached hydrogen (secondary N) is 1. The Morgan fingerprint density at radius 3 is 2.67 bits per heavy atom. The molecule has 0 radical (unpaired) electrons. The minimum absolute atomic E-state index is 0.248. The Bertz CT molecular complexity index is 153. The van der Waals surface area contributed by atoms with Gasteiger partial charge in [0.2, 0.25) is 0 Å². The molecule has 1 unspecified atom stereocenters. The van der Waals surface area contributed by atoms with Crippen LogP contribution in [0.5, 0.6) is 0 Å². The van der Waals surface area contributed by atoms with Gasteiger partial charge in [-0.25, -0.2) is 0 Å².